The fraction of sp³-hybridized carbons (Fsp3) is 0.118. The first-order valence-corrected chi connectivity index (χ1v) is 7.93. The molecule has 0 bridgehead atoms. The smallest absolute Gasteiger partial charge is 0.340 e. The molecule has 0 unspecified atom stereocenters. The Hall–Kier alpha value is -2.61. The molecule has 0 saturated carbocycles. The highest BCUT2D eigenvalue weighted by Gasteiger charge is 2.18. The highest BCUT2D eigenvalue weighted by Crippen LogP contribution is 2.23. The zero-order valence-electron chi connectivity index (χ0n) is 12.9. The number of esters is 1. The number of H-pyrrole nitrogens is 1. The van der Waals surface area contributed by atoms with E-state index in [1.54, 1.807) is 18.2 Å². The Morgan fingerprint density at radius 1 is 1.20 bits per heavy atom. The van der Waals surface area contributed by atoms with Crippen LogP contribution in [0.3, 0.4) is 0 Å². The molecular weight excluding hydrogens is 398 g/mol. The summed E-state index contributed by atoms with van der Waals surface area (Å²) in [5, 5.41) is 7.24. The number of ether oxygens (including phenoxy) is 1. The lowest BCUT2D eigenvalue weighted by Crippen LogP contribution is -2.12. The molecule has 0 spiro atoms. The van der Waals surface area contributed by atoms with Crippen molar-refractivity contribution in [3.63, 3.8) is 0 Å². The summed E-state index contributed by atoms with van der Waals surface area (Å²) >= 11 is 3.32. The van der Waals surface area contributed by atoms with E-state index in [1.807, 2.05) is 0 Å². The minimum atomic E-state index is -1.00. The number of fused-ring (bicyclic) bond motifs is 1. The number of carbonyl (C=O) groups is 1. The van der Waals surface area contributed by atoms with E-state index in [1.165, 1.54) is 0 Å². The number of aromatic nitrogens is 2. The van der Waals surface area contributed by atoms with Crippen LogP contribution in [0.4, 0.5) is 8.78 Å². The van der Waals surface area contributed by atoms with Crippen molar-refractivity contribution in [2.75, 3.05) is 7.11 Å². The second kappa shape index (κ2) is 6.72. The number of hydrogen-bond acceptors (Lipinski definition) is 4. The van der Waals surface area contributed by atoms with Gasteiger partial charge in [-0.25, -0.2) is 18.7 Å². The molecule has 0 fully saturated rings. The summed E-state index contributed by atoms with van der Waals surface area (Å²) in [4.78, 5) is 23.5. The van der Waals surface area contributed by atoms with Gasteiger partial charge in [0, 0.05) is 22.3 Å². The molecule has 0 radical (unpaired) electrons. The largest absolute Gasteiger partial charge is 0.465 e. The molecule has 25 heavy (non-hydrogen) atoms. The topological polar surface area (TPSA) is 72.0 Å². The van der Waals surface area contributed by atoms with Crippen molar-refractivity contribution in [2.45, 2.75) is 6.42 Å². The van der Waals surface area contributed by atoms with Crippen LogP contribution in [0, 0.1) is 11.6 Å². The van der Waals surface area contributed by atoms with Gasteiger partial charge >= 0.3 is 5.97 Å². The number of nitrogens with zero attached hydrogens (tertiary/aromatic N) is 1. The summed E-state index contributed by atoms with van der Waals surface area (Å²) in [5.41, 5.74) is -0.297. The summed E-state index contributed by atoms with van der Waals surface area (Å²) in [7, 11) is 1.11. The Balaban J connectivity index is 2.13. The molecule has 0 saturated heterocycles. The third-order valence-electron chi connectivity index (χ3n) is 3.73. The van der Waals surface area contributed by atoms with E-state index in [0.717, 1.165) is 17.6 Å². The van der Waals surface area contributed by atoms with Crippen molar-refractivity contribution >= 4 is 32.7 Å². The van der Waals surface area contributed by atoms with E-state index in [-0.39, 0.29) is 23.1 Å². The molecular formula is C17H11BrF2N2O3. The minimum Gasteiger partial charge on any atom is -0.465 e. The lowest BCUT2D eigenvalue weighted by atomic mass is 10.0. The molecule has 0 amide bonds. The maximum absolute atomic E-state index is 14.1. The highest BCUT2D eigenvalue weighted by molar-refractivity contribution is 9.10. The number of methoxy groups -OCH3 is 1. The molecule has 1 N–H and O–H groups in total. The summed E-state index contributed by atoms with van der Waals surface area (Å²) in [6, 6.07) is 6.73. The van der Waals surface area contributed by atoms with Crippen LogP contribution in [0.2, 0.25) is 0 Å². The zero-order chi connectivity index (χ0) is 18.1. The maximum atomic E-state index is 14.1. The fourth-order valence-electron chi connectivity index (χ4n) is 2.50. The van der Waals surface area contributed by atoms with Crippen molar-refractivity contribution < 1.29 is 18.3 Å². The number of aromatic amines is 1. The van der Waals surface area contributed by atoms with Gasteiger partial charge in [-0.1, -0.05) is 15.9 Å². The molecule has 1 heterocycles. The summed E-state index contributed by atoms with van der Waals surface area (Å²) in [6.07, 6.45) is -0.0418. The number of carbonyl (C=O) groups excluding carboxylic acids is 1. The summed E-state index contributed by atoms with van der Waals surface area (Å²) in [6.45, 7) is 0. The number of rotatable bonds is 3. The molecule has 5 nitrogen and oxygen atoms in total. The Morgan fingerprint density at radius 2 is 1.96 bits per heavy atom. The van der Waals surface area contributed by atoms with E-state index in [4.69, 9.17) is 0 Å². The standard InChI is InChI=1S/C17H11BrF2N2O3/c1-25-17(24)12-4-8(13(19)7-14(12)20)5-15-11-6-9(18)2-3-10(11)16(23)22-21-15/h2-4,6-7H,5H2,1H3,(H,22,23). The van der Waals surface area contributed by atoms with Crippen molar-refractivity contribution in [3.8, 4) is 0 Å². The van der Waals surface area contributed by atoms with Crippen LogP contribution >= 0.6 is 15.9 Å². The first kappa shape index (κ1) is 17.2. The van der Waals surface area contributed by atoms with Crippen LogP contribution in [0.1, 0.15) is 21.6 Å². The van der Waals surface area contributed by atoms with Crippen LogP contribution in [-0.2, 0) is 11.2 Å². The number of benzene rings is 2. The van der Waals surface area contributed by atoms with Gasteiger partial charge in [0.1, 0.15) is 11.6 Å². The zero-order valence-corrected chi connectivity index (χ0v) is 14.5. The average molecular weight is 409 g/mol. The van der Waals surface area contributed by atoms with Gasteiger partial charge in [-0.15, -0.1) is 0 Å². The van der Waals surface area contributed by atoms with Crippen LogP contribution in [0.25, 0.3) is 10.8 Å². The van der Waals surface area contributed by atoms with E-state index in [9.17, 15) is 18.4 Å². The van der Waals surface area contributed by atoms with Crippen LogP contribution < -0.4 is 5.56 Å². The number of halogens is 3. The SMILES string of the molecule is COC(=O)c1cc(Cc2n[nH]c(=O)c3ccc(Br)cc23)c(F)cc1F. The van der Waals surface area contributed by atoms with Crippen LogP contribution in [0.5, 0.6) is 0 Å². The van der Waals surface area contributed by atoms with Gasteiger partial charge in [0.05, 0.1) is 23.8 Å². The van der Waals surface area contributed by atoms with E-state index in [2.05, 4.69) is 30.9 Å². The molecule has 2 aromatic carbocycles. The second-order valence-electron chi connectivity index (χ2n) is 5.28. The Morgan fingerprint density at radius 3 is 2.68 bits per heavy atom. The monoisotopic (exact) mass is 408 g/mol. The summed E-state index contributed by atoms with van der Waals surface area (Å²) in [5.74, 6) is -2.72. The van der Waals surface area contributed by atoms with E-state index >= 15 is 0 Å². The third-order valence-corrected chi connectivity index (χ3v) is 4.22. The van der Waals surface area contributed by atoms with Gasteiger partial charge in [0.2, 0.25) is 0 Å². The Labute approximate surface area is 148 Å². The van der Waals surface area contributed by atoms with Crippen LogP contribution in [-0.4, -0.2) is 23.3 Å². The predicted molar refractivity (Wildman–Crippen MR) is 90.6 cm³/mol. The normalized spacial score (nSPS) is 10.9. The van der Waals surface area contributed by atoms with E-state index in [0.29, 0.717) is 22.5 Å². The molecule has 0 atom stereocenters. The Bertz CT molecular complexity index is 1050. The molecule has 0 aliphatic carbocycles. The average Bonchev–Trinajstić information content (AvgIpc) is 2.58. The lowest BCUT2D eigenvalue weighted by molar-refractivity contribution is 0.0595. The van der Waals surface area contributed by atoms with Gasteiger partial charge in [-0.2, -0.15) is 5.10 Å². The summed E-state index contributed by atoms with van der Waals surface area (Å²) < 4.78 is 33.1. The van der Waals surface area contributed by atoms with Gasteiger partial charge in [-0.05, 0) is 29.8 Å². The molecule has 128 valence electrons. The molecule has 3 aromatic rings. The Kier molecular flexibility index (Phi) is 4.63. The molecule has 8 heteroatoms. The van der Waals surface area contributed by atoms with Gasteiger partial charge < -0.3 is 4.74 Å². The molecule has 0 aliphatic rings. The van der Waals surface area contributed by atoms with Gasteiger partial charge in [-0.3, -0.25) is 4.79 Å². The van der Waals surface area contributed by atoms with Crippen molar-refractivity contribution in [2.24, 2.45) is 0 Å². The third kappa shape index (κ3) is 3.30. The second-order valence-corrected chi connectivity index (χ2v) is 6.20. The van der Waals surface area contributed by atoms with Crippen molar-refractivity contribution in [1.29, 1.82) is 0 Å². The molecule has 1 aromatic heterocycles. The van der Waals surface area contributed by atoms with Gasteiger partial charge in [0.15, 0.2) is 0 Å². The van der Waals surface area contributed by atoms with Crippen molar-refractivity contribution in [1.82, 2.24) is 10.2 Å². The first-order chi connectivity index (χ1) is 11.9. The first-order valence-electron chi connectivity index (χ1n) is 7.13. The molecule has 3 rings (SSSR count). The maximum Gasteiger partial charge on any atom is 0.340 e. The highest BCUT2D eigenvalue weighted by atomic mass is 79.9. The number of hydrogen-bond donors (Lipinski definition) is 1. The minimum absolute atomic E-state index is 0.0418. The number of nitrogens with one attached hydrogen (secondary N) is 1. The van der Waals surface area contributed by atoms with Crippen molar-refractivity contribution in [3.05, 3.63) is 73.6 Å². The quantitative estimate of drug-likeness (QED) is 0.674. The fourth-order valence-corrected chi connectivity index (χ4v) is 2.86. The predicted octanol–water partition coefficient (Wildman–Crippen LogP) is 3.34. The molecule has 0 aliphatic heterocycles. The van der Waals surface area contributed by atoms with Crippen LogP contribution in [0.15, 0.2) is 39.6 Å². The lowest BCUT2D eigenvalue weighted by Gasteiger charge is -2.09. The van der Waals surface area contributed by atoms with Gasteiger partial charge in [0.25, 0.3) is 5.56 Å². The van der Waals surface area contributed by atoms with E-state index < -0.39 is 17.6 Å².